The van der Waals surface area contributed by atoms with Crippen LogP contribution in [0, 0.1) is 0 Å². The van der Waals surface area contributed by atoms with Gasteiger partial charge in [0.2, 0.25) is 0 Å². The average molecular weight is 1090 g/mol. The maximum absolute atomic E-state index is 5.66. The minimum absolute atomic E-state index is 0.0755. The van der Waals surface area contributed by atoms with E-state index in [0.717, 1.165) is 74.2 Å². The molecule has 3 aromatic heterocycles. The van der Waals surface area contributed by atoms with E-state index in [0.29, 0.717) is 11.6 Å². The van der Waals surface area contributed by atoms with Crippen LogP contribution in [0.5, 0.6) is 0 Å². The number of nitrogens with one attached hydrogen (secondary N) is 1. The molecule has 10 aromatic carbocycles. The second-order valence-electron chi connectivity index (χ2n) is 21.6. The summed E-state index contributed by atoms with van der Waals surface area (Å²) in [5.74, 6) is 2.79. The molecule has 1 N–H and O–H groups in total. The van der Waals surface area contributed by atoms with Crippen molar-refractivity contribution < 1.29 is 0 Å². The largest absolute Gasteiger partial charge is 0.358 e. The summed E-state index contributed by atoms with van der Waals surface area (Å²) in [5.41, 5.74) is 17.1. The van der Waals surface area contributed by atoms with Gasteiger partial charge in [0.25, 0.3) is 0 Å². The number of hydrogen-bond donors (Lipinski definition) is 1. The fourth-order valence-electron chi connectivity index (χ4n) is 13.5. The predicted molar refractivity (Wildman–Crippen MR) is 339 cm³/mol. The second kappa shape index (κ2) is 18.6. The predicted octanol–water partition coefficient (Wildman–Crippen LogP) is 18.8. The zero-order valence-corrected chi connectivity index (χ0v) is 45.9. The summed E-state index contributed by atoms with van der Waals surface area (Å²) >= 11 is 3.69. The van der Waals surface area contributed by atoms with Crippen molar-refractivity contribution in [3.8, 4) is 33.9 Å². The van der Waals surface area contributed by atoms with Gasteiger partial charge in [-0.1, -0.05) is 212 Å². The van der Waals surface area contributed by atoms with Crippen molar-refractivity contribution in [3.05, 3.63) is 311 Å². The van der Waals surface area contributed by atoms with Crippen molar-refractivity contribution in [2.45, 2.75) is 23.8 Å². The number of amidine groups is 1. The van der Waals surface area contributed by atoms with Gasteiger partial charge >= 0.3 is 0 Å². The van der Waals surface area contributed by atoms with E-state index in [9.17, 15) is 0 Å². The van der Waals surface area contributed by atoms with E-state index in [1.165, 1.54) is 68.5 Å². The number of hydrogen-bond acceptors (Lipinski definition) is 8. The van der Waals surface area contributed by atoms with E-state index in [-0.39, 0.29) is 12.0 Å². The molecule has 0 saturated heterocycles. The molecule has 0 saturated carbocycles. The van der Waals surface area contributed by atoms with Crippen LogP contribution in [-0.4, -0.2) is 20.8 Å². The van der Waals surface area contributed by atoms with Gasteiger partial charge in [0, 0.05) is 58.6 Å². The second-order valence-corrected chi connectivity index (χ2v) is 23.8. The highest BCUT2D eigenvalue weighted by molar-refractivity contribution is 7.25. The first-order valence-electron chi connectivity index (χ1n) is 28.0. The summed E-state index contributed by atoms with van der Waals surface area (Å²) < 4.78 is 3.80. The number of anilines is 3. The van der Waals surface area contributed by atoms with E-state index < -0.39 is 5.41 Å². The molecule has 0 fully saturated rings. The van der Waals surface area contributed by atoms with Crippen LogP contribution in [-0.2, 0) is 5.41 Å². The Morgan fingerprint density at radius 1 is 0.476 bits per heavy atom. The number of nitrogens with zero attached hydrogens (tertiary/aromatic N) is 5. The van der Waals surface area contributed by atoms with Crippen molar-refractivity contribution >= 4 is 87.1 Å². The van der Waals surface area contributed by atoms with Gasteiger partial charge in [-0.05, 0) is 105 Å². The highest BCUT2D eigenvalue weighted by Gasteiger charge is 2.52. The first kappa shape index (κ1) is 47.0. The summed E-state index contributed by atoms with van der Waals surface area (Å²) in [6, 6.07) is 88.0. The van der Waals surface area contributed by atoms with E-state index in [1.807, 2.05) is 28.7 Å². The van der Waals surface area contributed by atoms with E-state index >= 15 is 0 Å². The molecule has 6 nitrogen and oxygen atoms in total. The van der Waals surface area contributed by atoms with Crippen molar-refractivity contribution in [3.63, 3.8) is 0 Å². The number of aliphatic imine (C=N–C) groups is 1. The van der Waals surface area contributed by atoms with Crippen molar-refractivity contribution in [1.29, 1.82) is 0 Å². The minimum atomic E-state index is -0.738. The van der Waals surface area contributed by atoms with Crippen molar-refractivity contribution in [2.24, 2.45) is 4.99 Å². The Labute approximate surface area is 482 Å². The molecule has 0 amide bonds. The van der Waals surface area contributed by atoms with Crippen LogP contribution in [0.15, 0.2) is 266 Å². The van der Waals surface area contributed by atoms with Crippen LogP contribution < -0.4 is 10.2 Å². The Morgan fingerprint density at radius 2 is 1.12 bits per heavy atom. The van der Waals surface area contributed by atoms with Crippen molar-refractivity contribution in [1.82, 2.24) is 20.3 Å². The molecule has 5 heterocycles. The molecule has 2 atom stereocenters. The van der Waals surface area contributed by atoms with Crippen LogP contribution in [0.25, 0.3) is 69.7 Å². The lowest BCUT2D eigenvalue weighted by Crippen LogP contribution is -2.36. The van der Waals surface area contributed by atoms with Crippen LogP contribution >= 0.6 is 22.7 Å². The third kappa shape index (κ3) is 7.18. The molecule has 8 heteroatoms. The molecular formula is C74H48N6S2. The molecular weight excluding hydrogens is 1040 g/mol. The topological polar surface area (TPSA) is 66.3 Å². The molecule has 2 unspecified atom stereocenters. The van der Waals surface area contributed by atoms with Gasteiger partial charge in [-0.2, -0.15) is 0 Å². The highest BCUT2D eigenvalue weighted by Crippen LogP contribution is 2.65. The maximum Gasteiger partial charge on any atom is 0.164 e. The number of thiophene rings is 2. The summed E-state index contributed by atoms with van der Waals surface area (Å²) in [6.07, 6.45) is 7.59. The number of benzene rings is 10. The SMILES string of the molecule is C1=CC(c2ccccc2)=CC(c2nc(-c3ccccc3)nc(-c3cccc4c3-c3cc(C5=Nc6c(sc7ccccc67)C(c6ccc7c(c6)sc6ccccc67)N5)ccc3C43c4ccccc4N(c4ccccc4)c4ccccc43)n2)C1. The van der Waals surface area contributed by atoms with Gasteiger partial charge in [0.05, 0.1) is 33.4 Å². The van der Waals surface area contributed by atoms with E-state index in [2.05, 4.69) is 265 Å². The third-order valence-corrected chi connectivity index (χ3v) is 19.4. The molecule has 0 bridgehead atoms. The van der Waals surface area contributed by atoms with Crippen LogP contribution in [0.3, 0.4) is 0 Å². The van der Waals surface area contributed by atoms with Gasteiger partial charge in [-0.3, -0.25) is 0 Å². The number of fused-ring (bicyclic) bond motifs is 15. The summed E-state index contributed by atoms with van der Waals surface area (Å²) in [5, 5.41) is 7.84. The van der Waals surface area contributed by atoms with Gasteiger partial charge in [-0.25, -0.2) is 19.9 Å². The third-order valence-electron chi connectivity index (χ3n) is 17.1. The Bertz CT molecular complexity index is 4800. The molecule has 2 aliphatic carbocycles. The fraction of sp³-hybridized carbons (Fsp3) is 0.0541. The number of aromatic nitrogens is 3. The molecule has 82 heavy (non-hydrogen) atoms. The monoisotopic (exact) mass is 1080 g/mol. The van der Waals surface area contributed by atoms with Gasteiger partial charge in [-0.15, -0.1) is 22.7 Å². The Kier molecular flexibility index (Phi) is 10.7. The van der Waals surface area contributed by atoms with Crippen LogP contribution in [0.4, 0.5) is 22.7 Å². The molecule has 0 radical (unpaired) electrons. The molecule has 17 rings (SSSR count). The molecule has 4 aliphatic rings. The fourth-order valence-corrected chi connectivity index (χ4v) is 15.9. The summed E-state index contributed by atoms with van der Waals surface area (Å²) in [7, 11) is 0. The lowest BCUT2D eigenvalue weighted by molar-refractivity contribution is 0.751. The van der Waals surface area contributed by atoms with Gasteiger partial charge in [0.1, 0.15) is 11.7 Å². The van der Waals surface area contributed by atoms with Gasteiger partial charge in [0.15, 0.2) is 11.6 Å². The minimum Gasteiger partial charge on any atom is -0.358 e. The highest BCUT2D eigenvalue weighted by atomic mass is 32.1. The smallest absolute Gasteiger partial charge is 0.164 e. The Hall–Kier alpha value is -9.86. The van der Waals surface area contributed by atoms with Crippen LogP contribution in [0.2, 0.25) is 0 Å². The summed E-state index contributed by atoms with van der Waals surface area (Å²) in [6.45, 7) is 0. The van der Waals surface area contributed by atoms with Crippen LogP contribution in [0.1, 0.15) is 68.0 Å². The van der Waals surface area contributed by atoms with Crippen molar-refractivity contribution in [2.75, 3.05) is 4.90 Å². The molecule has 2 aliphatic heterocycles. The first-order valence-corrected chi connectivity index (χ1v) is 29.6. The Balaban J connectivity index is 0.906. The quantitative estimate of drug-likeness (QED) is 0.172. The summed E-state index contributed by atoms with van der Waals surface area (Å²) in [4.78, 5) is 25.8. The molecule has 13 aromatic rings. The Morgan fingerprint density at radius 3 is 1.90 bits per heavy atom. The number of para-hydroxylation sites is 3. The lowest BCUT2D eigenvalue weighted by atomic mass is 9.64. The maximum atomic E-state index is 5.66. The van der Waals surface area contributed by atoms with E-state index in [1.54, 1.807) is 0 Å². The van der Waals surface area contributed by atoms with E-state index in [4.69, 9.17) is 19.9 Å². The first-order chi connectivity index (χ1) is 40.6. The van der Waals surface area contributed by atoms with Gasteiger partial charge < -0.3 is 10.2 Å². The lowest BCUT2D eigenvalue weighted by Gasteiger charge is -2.45. The zero-order chi connectivity index (χ0) is 53.9. The molecule has 1 spiro atoms. The number of allylic oxidation sites excluding steroid dienone is 4. The average Bonchev–Trinajstić information content (AvgIpc) is 3.15. The zero-order valence-electron chi connectivity index (χ0n) is 44.2. The standard InChI is InChI=1S/C74H48N6S2/c1-4-20-45(21-5-1)47-24-18-25-49(42-47)72-77-70(46-22-6-2-7-23-46)78-73(79-72)55-30-19-33-60-66(55)56-43-50(39-41-57(56)74(60)58-31-12-14-34-61(58)80(51-26-8-3-9-27-51)62-35-15-13-32-59(62)74)71-75-67(69-68(76-71)54-29-11-17-37-64(54)82-69)48-38-40-53-52-28-10-16-36-63(52)81-65(53)44-48/h1-24,26-44,49,67H,25H2,(H,75,76). The number of rotatable bonds is 7. The molecule has 386 valence electrons. The normalized spacial score (nSPS) is 16.3.